The molecule has 0 aromatic heterocycles. The monoisotopic (exact) mass is 283 g/mol. The van der Waals surface area contributed by atoms with Crippen LogP contribution in [0.5, 0.6) is 0 Å². The maximum atomic E-state index is 11.7. The third-order valence-corrected chi connectivity index (χ3v) is 2.37. The van der Waals surface area contributed by atoms with E-state index in [1.165, 1.54) is 0 Å². The number of carbonyl (C=O) groups is 1. The van der Waals surface area contributed by atoms with Crippen LogP contribution in [-0.2, 0) is 4.74 Å². The average Bonchev–Trinajstić information content (AvgIpc) is 2.27. The first-order valence-corrected chi connectivity index (χ1v) is 6.26. The van der Waals surface area contributed by atoms with Crippen molar-refractivity contribution in [1.82, 2.24) is 0 Å². The highest BCUT2D eigenvalue weighted by molar-refractivity contribution is 6.33. The van der Waals surface area contributed by atoms with Crippen molar-refractivity contribution in [2.45, 2.75) is 26.4 Å². The Kier molecular flexibility index (Phi) is 5.39. The van der Waals surface area contributed by atoms with E-state index in [1.54, 1.807) is 51.1 Å². The fraction of sp³-hybridized carbons (Fsp3) is 0.357. The Morgan fingerprint density at radius 2 is 2.16 bits per heavy atom. The lowest BCUT2D eigenvalue weighted by molar-refractivity contribution is 0.0636. The molecule has 0 saturated heterocycles. The van der Waals surface area contributed by atoms with Crippen LogP contribution in [0.2, 0.25) is 5.02 Å². The molecule has 0 heterocycles. The van der Waals surface area contributed by atoms with Crippen LogP contribution in [0, 0.1) is 0 Å². The van der Waals surface area contributed by atoms with Crippen molar-refractivity contribution < 1.29 is 14.6 Å². The highest BCUT2D eigenvalue weighted by Crippen LogP contribution is 2.24. The van der Waals surface area contributed by atoms with Gasteiger partial charge in [-0.05, 0) is 38.5 Å². The van der Waals surface area contributed by atoms with Crippen LogP contribution in [-0.4, -0.2) is 23.4 Å². The van der Waals surface area contributed by atoms with Gasteiger partial charge in [0, 0.05) is 0 Å². The van der Waals surface area contributed by atoms with Crippen molar-refractivity contribution in [3.63, 3.8) is 0 Å². The Labute approximate surface area is 118 Å². The summed E-state index contributed by atoms with van der Waals surface area (Å²) in [7, 11) is 0. The van der Waals surface area contributed by atoms with Crippen molar-refractivity contribution in [2.75, 3.05) is 11.9 Å². The molecule has 0 aliphatic carbocycles. The van der Waals surface area contributed by atoms with Gasteiger partial charge < -0.3 is 9.84 Å². The van der Waals surface area contributed by atoms with E-state index in [1.807, 2.05) is 0 Å². The van der Waals surface area contributed by atoms with Crippen molar-refractivity contribution in [1.29, 1.82) is 0 Å². The predicted octanol–water partition coefficient (Wildman–Crippen LogP) is 3.69. The minimum Gasteiger partial charge on any atom is -0.444 e. The summed E-state index contributed by atoms with van der Waals surface area (Å²) in [5, 5.41) is 11.7. The van der Waals surface area contributed by atoms with Gasteiger partial charge >= 0.3 is 6.09 Å². The van der Waals surface area contributed by atoms with E-state index in [0.717, 1.165) is 5.56 Å². The molecule has 19 heavy (non-hydrogen) atoms. The van der Waals surface area contributed by atoms with Crippen LogP contribution in [0.4, 0.5) is 10.5 Å². The largest absolute Gasteiger partial charge is 0.444 e. The molecule has 0 atom stereocenters. The fourth-order valence-electron chi connectivity index (χ4n) is 1.34. The summed E-state index contributed by atoms with van der Waals surface area (Å²) in [5.74, 6) is 0. The summed E-state index contributed by atoms with van der Waals surface area (Å²) in [4.78, 5) is 11.7. The average molecular weight is 284 g/mol. The summed E-state index contributed by atoms with van der Waals surface area (Å²) in [6.45, 7) is 5.31. The normalized spacial score (nSPS) is 11.6. The Bertz CT molecular complexity index is 478. The summed E-state index contributed by atoms with van der Waals surface area (Å²) in [6, 6.07) is 5.17. The number of aliphatic hydroxyl groups excluding tert-OH is 1. The predicted molar refractivity (Wildman–Crippen MR) is 77.4 cm³/mol. The molecule has 0 radical (unpaired) electrons. The van der Waals surface area contributed by atoms with E-state index < -0.39 is 11.7 Å². The lowest BCUT2D eigenvalue weighted by Gasteiger charge is -2.20. The second kappa shape index (κ2) is 6.59. The standard InChI is InChI=1S/C14H18ClNO3/c1-14(2,3)19-13(18)16-12-9-10(5-4-8-17)6-7-11(12)15/h4-7,9,17H,8H2,1-3H3,(H,16,18)/b5-4+. The number of benzene rings is 1. The minimum absolute atomic E-state index is 0.0442. The number of nitrogens with one attached hydrogen (secondary N) is 1. The van der Waals surface area contributed by atoms with Gasteiger partial charge in [0.15, 0.2) is 0 Å². The number of hydrogen-bond donors (Lipinski definition) is 2. The zero-order valence-electron chi connectivity index (χ0n) is 11.2. The van der Waals surface area contributed by atoms with Gasteiger partial charge in [-0.25, -0.2) is 4.79 Å². The Hall–Kier alpha value is -1.52. The molecule has 2 N–H and O–H groups in total. The number of hydrogen-bond acceptors (Lipinski definition) is 3. The van der Waals surface area contributed by atoms with E-state index >= 15 is 0 Å². The van der Waals surface area contributed by atoms with Crippen molar-refractivity contribution in [2.24, 2.45) is 0 Å². The van der Waals surface area contributed by atoms with Crippen LogP contribution < -0.4 is 5.32 Å². The van der Waals surface area contributed by atoms with E-state index in [2.05, 4.69) is 5.32 Å². The first-order chi connectivity index (χ1) is 8.81. The van der Waals surface area contributed by atoms with Gasteiger partial charge in [0.1, 0.15) is 5.60 Å². The maximum Gasteiger partial charge on any atom is 0.412 e. The Balaban J connectivity index is 2.82. The molecule has 0 fully saturated rings. The molecule has 5 heteroatoms. The minimum atomic E-state index is -0.565. The zero-order valence-corrected chi connectivity index (χ0v) is 12.0. The Morgan fingerprint density at radius 3 is 2.74 bits per heavy atom. The fourth-order valence-corrected chi connectivity index (χ4v) is 1.51. The third kappa shape index (κ3) is 5.77. The second-order valence-corrected chi connectivity index (χ2v) is 5.36. The molecule has 104 valence electrons. The molecule has 0 aliphatic heterocycles. The Morgan fingerprint density at radius 1 is 1.47 bits per heavy atom. The van der Waals surface area contributed by atoms with Gasteiger partial charge in [-0.3, -0.25) is 5.32 Å². The zero-order chi connectivity index (χ0) is 14.5. The molecule has 1 amide bonds. The summed E-state index contributed by atoms with van der Waals surface area (Å²) in [5.41, 5.74) is 0.728. The first kappa shape index (κ1) is 15.5. The van der Waals surface area contributed by atoms with Crippen LogP contribution in [0.25, 0.3) is 6.08 Å². The molecule has 0 unspecified atom stereocenters. The van der Waals surface area contributed by atoms with Gasteiger partial charge in [-0.15, -0.1) is 0 Å². The van der Waals surface area contributed by atoms with Gasteiger partial charge in [-0.2, -0.15) is 0 Å². The molecule has 0 aliphatic rings. The molecule has 1 rings (SSSR count). The number of carbonyl (C=O) groups excluding carboxylic acids is 1. The van der Waals surface area contributed by atoms with Crippen molar-refractivity contribution >= 4 is 29.5 Å². The number of aliphatic hydroxyl groups is 1. The van der Waals surface area contributed by atoms with Crippen molar-refractivity contribution in [3.8, 4) is 0 Å². The lowest BCUT2D eigenvalue weighted by atomic mass is 10.2. The lowest BCUT2D eigenvalue weighted by Crippen LogP contribution is -2.27. The van der Waals surface area contributed by atoms with E-state index in [-0.39, 0.29) is 6.61 Å². The van der Waals surface area contributed by atoms with E-state index in [4.69, 9.17) is 21.4 Å². The smallest absolute Gasteiger partial charge is 0.412 e. The highest BCUT2D eigenvalue weighted by atomic mass is 35.5. The van der Waals surface area contributed by atoms with Gasteiger partial charge in [-0.1, -0.05) is 29.8 Å². The quantitative estimate of drug-likeness (QED) is 0.889. The molecule has 4 nitrogen and oxygen atoms in total. The van der Waals surface area contributed by atoms with Gasteiger partial charge in [0.25, 0.3) is 0 Å². The summed E-state index contributed by atoms with van der Waals surface area (Å²) in [6.07, 6.45) is 2.77. The van der Waals surface area contributed by atoms with Crippen molar-refractivity contribution in [3.05, 3.63) is 34.9 Å². The van der Waals surface area contributed by atoms with Crippen LogP contribution in [0.15, 0.2) is 24.3 Å². The molecule has 1 aromatic rings. The van der Waals surface area contributed by atoms with Crippen LogP contribution in [0.1, 0.15) is 26.3 Å². The SMILES string of the molecule is CC(C)(C)OC(=O)Nc1cc(/C=C/CO)ccc1Cl. The molecular formula is C14H18ClNO3. The maximum absolute atomic E-state index is 11.7. The van der Waals surface area contributed by atoms with Gasteiger partial charge in [0.05, 0.1) is 17.3 Å². The molecule has 0 spiro atoms. The highest BCUT2D eigenvalue weighted by Gasteiger charge is 2.17. The molecule has 0 saturated carbocycles. The molecule has 1 aromatic carbocycles. The van der Waals surface area contributed by atoms with Crippen LogP contribution in [0.3, 0.4) is 0 Å². The number of ether oxygens (including phenoxy) is 1. The first-order valence-electron chi connectivity index (χ1n) is 5.89. The van der Waals surface area contributed by atoms with Crippen LogP contribution >= 0.6 is 11.6 Å². The number of anilines is 1. The number of halogens is 1. The van der Waals surface area contributed by atoms with E-state index in [0.29, 0.717) is 10.7 Å². The summed E-state index contributed by atoms with van der Waals surface area (Å²) < 4.78 is 5.15. The summed E-state index contributed by atoms with van der Waals surface area (Å²) >= 11 is 6.00. The third-order valence-electron chi connectivity index (χ3n) is 2.04. The molecule has 0 bridgehead atoms. The van der Waals surface area contributed by atoms with E-state index in [9.17, 15) is 4.79 Å². The molecular weight excluding hydrogens is 266 g/mol. The topological polar surface area (TPSA) is 58.6 Å². The number of rotatable bonds is 3. The number of amides is 1. The van der Waals surface area contributed by atoms with Gasteiger partial charge in [0.2, 0.25) is 0 Å². The second-order valence-electron chi connectivity index (χ2n) is 4.95.